The molecular weight excluding hydrogens is 365 g/mol. The molecule has 0 spiro atoms. The topological polar surface area (TPSA) is 39.9 Å². The second-order valence-corrected chi connectivity index (χ2v) is 6.10. The molecule has 0 aliphatic heterocycles. The molecule has 0 saturated carbocycles. The Morgan fingerprint density at radius 1 is 1.35 bits per heavy atom. The molecule has 0 radical (unpaired) electrons. The predicted octanol–water partition coefficient (Wildman–Crippen LogP) is 4.51. The number of alkyl halides is 1. The van der Waals surface area contributed by atoms with Crippen molar-refractivity contribution in [1.82, 2.24) is 15.0 Å². The van der Waals surface area contributed by atoms with Crippen LogP contribution in [0.4, 0.5) is 0 Å². The molecule has 0 fully saturated rings. The molecule has 1 atom stereocenters. The molecule has 2 rings (SSSR count). The summed E-state index contributed by atoms with van der Waals surface area (Å²) >= 11 is 15.6. The first kappa shape index (κ1) is 15.6. The van der Waals surface area contributed by atoms with E-state index in [-0.39, 0.29) is 4.83 Å². The highest BCUT2D eigenvalue weighted by Crippen LogP contribution is 2.32. The number of nitrogens with zero attached hydrogens (tertiary/aromatic N) is 3. The highest BCUT2D eigenvalue weighted by Gasteiger charge is 2.10. The number of aromatic nitrogens is 3. The largest absolute Gasteiger partial charge is 0.489 e. The average molecular weight is 379 g/mol. The number of halogens is 3. The Hall–Kier alpha value is -0.780. The molecule has 108 valence electrons. The number of benzene rings is 1. The third-order valence-corrected chi connectivity index (χ3v) is 4.43. The van der Waals surface area contributed by atoms with Gasteiger partial charge in [-0.1, -0.05) is 57.3 Å². The second-order valence-electron chi connectivity index (χ2n) is 4.18. The quantitative estimate of drug-likeness (QED) is 0.694. The fraction of sp³-hybridized carbons (Fsp3) is 0.385. The van der Waals surface area contributed by atoms with Gasteiger partial charge in [-0.05, 0) is 18.6 Å². The van der Waals surface area contributed by atoms with Crippen LogP contribution in [0.2, 0.25) is 10.0 Å². The van der Waals surface area contributed by atoms with Gasteiger partial charge in [0.25, 0.3) is 0 Å². The first-order valence-electron chi connectivity index (χ1n) is 6.22. The Balaban J connectivity index is 1.91. The van der Waals surface area contributed by atoms with Gasteiger partial charge in [-0.2, -0.15) is 0 Å². The number of hydrogen-bond donors (Lipinski definition) is 0. The van der Waals surface area contributed by atoms with Gasteiger partial charge in [-0.25, -0.2) is 4.68 Å². The Bertz CT molecular complexity index is 556. The molecule has 1 aromatic carbocycles. The third-order valence-electron chi connectivity index (χ3n) is 2.72. The SMILES string of the molecule is CCC(Br)c1cn(CCOc2c(Cl)cccc2Cl)nn1. The van der Waals surface area contributed by atoms with Crippen molar-refractivity contribution in [2.24, 2.45) is 0 Å². The maximum Gasteiger partial charge on any atom is 0.156 e. The summed E-state index contributed by atoms with van der Waals surface area (Å²) in [6, 6.07) is 5.27. The monoisotopic (exact) mass is 377 g/mol. The minimum absolute atomic E-state index is 0.232. The predicted molar refractivity (Wildman–Crippen MR) is 83.9 cm³/mol. The molecule has 7 heteroatoms. The van der Waals surface area contributed by atoms with E-state index in [4.69, 9.17) is 27.9 Å². The minimum Gasteiger partial charge on any atom is -0.489 e. The maximum atomic E-state index is 6.03. The standard InChI is InChI=1S/C13H14BrCl2N3O/c1-2-9(14)12-8-19(18-17-12)6-7-20-13-10(15)4-3-5-11(13)16/h3-5,8-9H,2,6-7H2,1H3. The van der Waals surface area contributed by atoms with Gasteiger partial charge in [-0.3, -0.25) is 0 Å². The van der Waals surface area contributed by atoms with E-state index in [1.165, 1.54) is 0 Å². The number of para-hydroxylation sites is 1. The van der Waals surface area contributed by atoms with E-state index in [0.717, 1.165) is 12.1 Å². The van der Waals surface area contributed by atoms with Crippen molar-refractivity contribution in [2.75, 3.05) is 6.61 Å². The second kappa shape index (κ2) is 7.29. The lowest BCUT2D eigenvalue weighted by atomic mass is 10.3. The summed E-state index contributed by atoms with van der Waals surface area (Å²) in [5.41, 5.74) is 0.920. The lowest BCUT2D eigenvalue weighted by Gasteiger charge is -2.09. The molecule has 4 nitrogen and oxygen atoms in total. The van der Waals surface area contributed by atoms with Crippen molar-refractivity contribution in [2.45, 2.75) is 24.7 Å². The van der Waals surface area contributed by atoms with Gasteiger partial charge in [0.05, 0.1) is 27.1 Å². The summed E-state index contributed by atoms with van der Waals surface area (Å²) in [4.78, 5) is 0.232. The maximum absolute atomic E-state index is 6.03. The first-order valence-corrected chi connectivity index (χ1v) is 7.90. The summed E-state index contributed by atoms with van der Waals surface area (Å²) in [6.07, 6.45) is 2.87. The summed E-state index contributed by atoms with van der Waals surface area (Å²) in [5.74, 6) is 0.503. The number of ether oxygens (including phenoxy) is 1. The van der Waals surface area contributed by atoms with Gasteiger partial charge in [0.2, 0.25) is 0 Å². The molecule has 1 aromatic heterocycles. The Labute approximate surface area is 136 Å². The first-order chi connectivity index (χ1) is 9.61. The summed E-state index contributed by atoms with van der Waals surface area (Å²) in [5, 5.41) is 9.16. The van der Waals surface area contributed by atoms with Crippen LogP contribution in [0.1, 0.15) is 23.9 Å². The van der Waals surface area contributed by atoms with Crippen molar-refractivity contribution in [1.29, 1.82) is 0 Å². The van der Waals surface area contributed by atoms with Crippen molar-refractivity contribution in [3.63, 3.8) is 0 Å². The molecule has 0 aliphatic carbocycles. The molecule has 0 aliphatic rings. The molecule has 0 saturated heterocycles. The molecule has 20 heavy (non-hydrogen) atoms. The summed E-state index contributed by atoms with van der Waals surface area (Å²) < 4.78 is 7.34. The molecule has 1 heterocycles. The molecule has 1 unspecified atom stereocenters. The van der Waals surface area contributed by atoms with Gasteiger partial charge >= 0.3 is 0 Å². The Morgan fingerprint density at radius 3 is 2.70 bits per heavy atom. The van der Waals surface area contributed by atoms with Gasteiger partial charge in [0.1, 0.15) is 6.61 Å². The highest BCUT2D eigenvalue weighted by molar-refractivity contribution is 9.09. The number of rotatable bonds is 6. The van der Waals surface area contributed by atoms with E-state index < -0.39 is 0 Å². The molecular formula is C13H14BrCl2N3O. The highest BCUT2D eigenvalue weighted by atomic mass is 79.9. The van der Waals surface area contributed by atoms with E-state index in [1.54, 1.807) is 22.9 Å². The zero-order valence-corrected chi connectivity index (χ0v) is 14.0. The summed E-state index contributed by atoms with van der Waals surface area (Å²) in [6.45, 7) is 3.09. The lowest BCUT2D eigenvalue weighted by Crippen LogP contribution is -2.09. The van der Waals surface area contributed by atoms with Crippen molar-refractivity contribution < 1.29 is 4.74 Å². The third kappa shape index (κ3) is 3.87. The van der Waals surface area contributed by atoms with Crippen LogP contribution in [-0.2, 0) is 6.54 Å². The van der Waals surface area contributed by atoms with E-state index in [2.05, 4.69) is 33.2 Å². The lowest BCUT2D eigenvalue weighted by molar-refractivity contribution is 0.290. The zero-order valence-electron chi connectivity index (χ0n) is 10.9. The van der Waals surface area contributed by atoms with E-state index in [0.29, 0.717) is 28.9 Å². The molecule has 2 aromatic rings. The fourth-order valence-corrected chi connectivity index (χ4v) is 2.35. The van der Waals surface area contributed by atoms with Crippen molar-refractivity contribution in [3.05, 3.63) is 40.1 Å². The summed E-state index contributed by atoms with van der Waals surface area (Å²) in [7, 11) is 0. The molecule has 0 N–H and O–H groups in total. The van der Waals surface area contributed by atoms with E-state index in [9.17, 15) is 0 Å². The van der Waals surface area contributed by atoms with Crippen molar-refractivity contribution >= 4 is 39.1 Å². The van der Waals surface area contributed by atoms with Gasteiger partial charge < -0.3 is 4.74 Å². The Kier molecular flexibility index (Phi) is 5.69. The van der Waals surface area contributed by atoms with E-state index in [1.807, 2.05) is 6.20 Å². The van der Waals surface area contributed by atoms with Gasteiger partial charge in [0, 0.05) is 6.20 Å². The fourth-order valence-electron chi connectivity index (χ4n) is 1.64. The van der Waals surface area contributed by atoms with Crippen LogP contribution in [0.15, 0.2) is 24.4 Å². The number of hydrogen-bond acceptors (Lipinski definition) is 3. The van der Waals surface area contributed by atoms with Gasteiger partial charge in [-0.15, -0.1) is 5.10 Å². The van der Waals surface area contributed by atoms with Crippen LogP contribution in [0.25, 0.3) is 0 Å². The van der Waals surface area contributed by atoms with Gasteiger partial charge in [0.15, 0.2) is 5.75 Å². The normalized spacial score (nSPS) is 12.4. The zero-order chi connectivity index (χ0) is 14.5. The van der Waals surface area contributed by atoms with Crippen molar-refractivity contribution in [3.8, 4) is 5.75 Å². The minimum atomic E-state index is 0.232. The smallest absolute Gasteiger partial charge is 0.156 e. The van der Waals surface area contributed by atoms with Crippen LogP contribution in [0.5, 0.6) is 5.75 Å². The van der Waals surface area contributed by atoms with Crippen LogP contribution >= 0.6 is 39.1 Å². The van der Waals surface area contributed by atoms with Crippen LogP contribution < -0.4 is 4.74 Å². The average Bonchev–Trinajstić information content (AvgIpc) is 2.90. The molecule has 0 bridgehead atoms. The van der Waals surface area contributed by atoms with Crippen LogP contribution in [0.3, 0.4) is 0 Å². The Morgan fingerprint density at radius 2 is 2.05 bits per heavy atom. The van der Waals surface area contributed by atoms with Crippen LogP contribution in [-0.4, -0.2) is 21.6 Å². The van der Waals surface area contributed by atoms with Crippen LogP contribution in [0, 0.1) is 0 Å². The van der Waals surface area contributed by atoms with E-state index >= 15 is 0 Å². The molecule has 0 amide bonds.